The third kappa shape index (κ3) is 4.44. The van der Waals surface area contributed by atoms with E-state index in [0.717, 1.165) is 11.8 Å². The minimum Gasteiger partial charge on any atom is -0.462 e. The molecule has 0 fully saturated rings. The van der Waals surface area contributed by atoms with Crippen molar-refractivity contribution in [2.24, 2.45) is 0 Å². The van der Waals surface area contributed by atoms with Crippen molar-refractivity contribution >= 4 is 21.9 Å². The standard InChI is InChI=1S/C19H21BrO2/c1-3-22-19(21)18-10-8-17(9-11-18)14(2)12-15-4-6-16(13-20)7-5-15/h4-11,14H,3,12-13H2,1-2H3. The molecule has 0 bridgehead atoms. The molecular weight excluding hydrogens is 340 g/mol. The maximum absolute atomic E-state index is 11.7. The van der Waals surface area contributed by atoms with Crippen LogP contribution < -0.4 is 0 Å². The Balaban J connectivity index is 2.02. The van der Waals surface area contributed by atoms with Gasteiger partial charge < -0.3 is 4.74 Å². The van der Waals surface area contributed by atoms with Gasteiger partial charge in [0.1, 0.15) is 0 Å². The summed E-state index contributed by atoms with van der Waals surface area (Å²) >= 11 is 3.46. The third-order valence-corrected chi connectivity index (χ3v) is 4.36. The van der Waals surface area contributed by atoms with Crippen molar-refractivity contribution in [1.29, 1.82) is 0 Å². The monoisotopic (exact) mass is 360 g/mol. The van der Waals surface area contributed by atoms with Crippen LogP contribution in [0.25, 0.3) is 0 Å². The third-order valence-electron chi connectivity index (χ3n) is 3.71. The van der Waals surface area contributed by atoms with Crippen LogP contribution >= 0.6 is 15.9 Å². The molecule has 0 aliphatic carbocycles. The van der Waals surface area contributed by atoms with Crippen molar-refractivity contribution in [3.8, 4) is 0 Å². The van der Waals surface area contributed by atoms with Crippen LogP contribution in [-0.2, 0) is 16.5 Å². The second-order valence-corrected chi connectivity index (χ2v) is 5.96. The van der Waals surface area contributed by atoms with Gasteiger partial charge in [0.05, 0.1) is 12.2 Å². The Morgan fingerprint density at radius 1 is 1.05 bits per heavy atom. The number of benzene rings is 2. The molecule has 0 aliphatic rings. The minimum absolute atomic E-state index is 0.257. The number of rotatable bonds is 6. The quantitative estimate of drug-likeness (QED) is 0.528. The van der Waals surface area contributed by atoms with E-state index in [-0.39, 0.29) is 5.97 Å². The number of esters is 1. The Morgan fingerprint density at radius 2 is 1.64 bits per heavy atom. The molecule has 2 rings (SSSR count). The zero-order valence-corrected chi connectivity index (χ0v) is 14.6. The summed E-state index contributed by atoms with van der Waals surface area (Å²) in [5.74, 6) is 0.151. The van der Waals surface area contributed by atoms with Crippen LogP contribution in [0.2, 0.25) is 0 Å². The lowest BCUT2D eigenvalue weighted by atomic mass is 9.93. The average Bonchev–Trinajstić information content (AvgIpc) is 2.56. The lowest BCUT2D eigenvalue weighted by Gasteiger charge is -2.13. The Labute approximate surface area is 140 Å². The van der Waals surface area contributed by atoms with E-state index in [1.165, 1.54) is 16.7 Å². The minimum atomic E-state index is -0.257. The van der Waals surface area contributed by atoms with E-state index < -0.39 is 0 Å². The molecule has 0 aliphatic heterocycles. The van der Waals surface area contributed by atoms with Gasteiger partial charge in [0.15, 0.2) is 0 Å². The highest BCUT2D eigenvalue weighted by Crippen LogP contribution is 2.21. The van der Waals surface area contributed by atoms with Crippen LogP contribution in [0.3, 0.4) is 0 Å². The molecule has 22 heavy (non-hydrogen) atoms. The number of halogens is 1. The van der Waals surface area contributed by atoms with Gasteiger partial charge in [0.2, 0.25) is 0 Å². The van der Waals surface area contributed by atoms with Gasteiger partial charge in [-0.2, -0.15) is 0 Å². The van der Waals surface area contributed by atoms with E-state index >= 15 is 0 Å². The number of carbonyl (C=O) groups is 1. The predicted octanol–water partition coefficient (Wildman–Crippen LogP) is 5.10. The van der Waals surface area contributed by atoms with Crippen LogP contribution in [0.4, 0.5) is 0 Å². The summed E-state index contributed by atoms with van der Waals surface area (Å²) < 4.78 is 5.00. The first kappa shape index (κ1) is 16.8. The zero-order valence-electron chi connectivity index (χ0n) is 13.0. The van der Waals surface area contributed by atoms with Gasteiger partial charge >= 0.3 is 5.97 Å². The van der Waals surface area contributed by atoms with Crippen molar-refractivity contribution in [3.63, 3.8) is 0 Å². The molecule has 0 radical (unpaired) electrons. The first-order chi connectivity index (χ1) is 10.6. The number of hydrogen-bond donors (Lipinski definition) is 0. The van der Waals surface area contributed by atoms with Crippen LogP contribution in [-0.4, -0.2) is 12.6 Å². The van der Waals surface area contributed by atoms with Gasteiger partial charge in [-0.05, 0) is 48.1 Å². The van der Waals surface area contributed by atoms with E-state index in [4.69, 9.17) is 4.74 Å². The second kappa shape index (κ2) is 8.14. The first-order valence-corrected chi connectivity index (χ1v) is 8.67. The number of alkyl halides is 1. The summed E-state index contributed by atoms with van der Waals surface area (Å²) in [6, 6.07) is 16.4. The number of hydrogen-bond acceptors (Lipinski definition) is 2. The molecule has 2 nitrogen and oxygen atoms in total. The molecule has 2 aromatic carbocycles. The topological polar surface area (TPSA) is 26.3 Å². The summed E-state index contributed by atoms with van der Waals surface area (Å²) in [6.07, 6.45) is 0.987. The fourth-order valence-electron chi connectivity index (χ4n) is 2.40. The van der Waals surface area contributed by atoms with Gasteiger partial charge in [-0.3, -0.25) is 0 Å². The lowest BCUT2D eigenvalue weighted by molar-refractivity contribution is 0.0526. The summed E-state index contributed by atoms with van der Waals surface area (Å²) in [6.45, 7) is 4.42. The molecular formula is C19H21BrO2. The lowest BCUT2D eigenvalue weighted by Crippen LogP contribution is -2.05. The molecule has 0 aromatic heterocycles. The van der Waals surface area contributed by atoms with Crippen molar-refractivity contribution < 1.29 is 9.53 Å². The Bertz CT molecular complexity index is 602. The van der Waals surface area contributed by atoms with E-state index in [2.05, 4.69) is 47.1 Å². The zero-order chi connectivity index (χ0) is 15.9. The highest BCUT2D eigenvalue weighted by molar-refractivity contribution is 9.08. The maximum atomic E-state index is 11.7. The molecule has 0 saturated heterocycles. The van der Waals surface area contributed by atoms with Crippen molar-refractivity contribution in [2.75, 3.05) is 6.61 Å². The summed E-state index contributed by atoms with van der Waals surface area (Å²) in [7, 11) is 0. The summed E-state index contributed by atoms with van der Waals surface area (Å²) in [5, 5.41) is 0.887. The molecule has 1 atom stereocenters. The van der Waals surface area contributed by atoms with E-state index in [0.29, 0.717) is 18.1 Å². The average molecular weight is 361 g/mol. The highest BCUT2D eigenvalue weighted by Gasteiger charge is 2.10. The van der Waals surface area contributed by atoms with E-state index in [9.17, 15) is 4.79 Å². The molecule has 0 N–H and O–H groups in total. The summed E-state index contributed by atoms with van der Waals surface area (Å²) in [5.41, 5.74) is 4.46. The van der Waals surface area contributed by atoms with E-state index in [1.807, 2.05) is 31.2 Å². The molecule has 0 saturated carbocycles. The first-order valence-electron chi connectivity index (χ1n) is 7.55. The van der Waals surface area contributed by atoms with Gasteiger partial charge in [-0.25, -0.2) is 4.79 Å². The second-order valence-electron chi connectivity index (χ2n) is 5.40. The smallest absolute Gasteiger partial charge is 0.338 e. The fourth-order valence-corrected chi connectivity index (χ4v) is 2.77. The molecule has 0 spiro atoms. The Morgan fingerprint density at radius 3 is 2.18 bits per heavy atom. The normalized spacial score (nSPS) is 12.0. The molecule has 2 aromatic rings. The SMILES string of the molecule is CCOC(=O)c1ccc(C(C)Cc2ccc(CBr)cc2)cc1. The van der Waals surface area contributed by atoms with E-state index in [1.54, 1.807) is 0 Å². The van der Waals surface area contributed by atoms with Gasteiger partial charge in [0.25, 0.3) is 0 Å². The Kier molecular flexibility index (Phi) is 6.20. The van der Waals surface area contributed by atoms with Gasteiger partial charge in [0, 0.05) is 5.33 Å². The predicted molar refractivity (Wildman–Crippen MR) is 93.6 cm³/mol. The van der Waals surface area contributed by atoms with Crippen molar-refractivity contribution in [3.05, 3.63) is 70.8 Å². The number of ether oxygens (including phenoxy) is 1. The summed E-state index contributed by atoms with van der Waals surface area (Å²) in [4.78, 5) is 11.7. The van der Waals surface area contributed by atoms with Crippen LogP contribution in [0, 0.1) is 0 Å². The maximum Gasteiger partial charge on any atom is 0.338 e. The largest absolute Gasteiger partial charge is 0.462 e. The van der Waals surface area contributed by atoms with Gasteiger partial charge in [-0.15, -0.1) is 0 Å². The highest BCUT2D eigenvalue weighted by atomic mass is 79.9. The van der Waals surface area contributed by atoms with Crippen LogP contribution in [0.5, 0.6) is 0 Å². The fraction of sp³-hybridized carbons (Fsp3) is 0.316. The molecule has 1 unspecified atom stereocenters. The number of carbonyl (C=O) groups excluding carboxylic acids is 1. The molecule has 0 heterocycles. The van der Waals surface area contributed by atoms with Crippen molar-refractivity contribution in [1.82, 2.24) is 0 Å². The van der Waals surface area contributed by atoms with Crippen LogP contribution in [0.1, 0.15) is 46.8 Å². The van der Waals surface area contributed by atoms with Crippen LogP contribution in [0.15, 0.2) is 48.5 Å². The molecule has 0 amide bonds. The van der Waals surface area contributed by atoms with Gasteiger partial charge in [-0.1, -0.05) is 59.3 Å². The molecule has 3 heteroatoms. The van der Waals surface area contributed by atoms with Crippen molar-refractivity contribution in [2.45, 2.75) is 31.5 Å². The molecule has 116 valence electrons. The Hall–Kier alpha value is -1.61.